The highest BCUT2D eigenvalue weighted by Crippen LogP contribution is 2.12. The van der Waals surface area contributed by atoms with Gasteiger partial charge in [-0.2, -0.15) is 0 Å². The number of aliphatic carboxylic acids is 1. The third-order valence-electron chi connectivity index (χ3n) is 4.73. The molecule has 0 aliphatic carbocycles. The first-order valence-corrected chi connectivity index (χ1v) is 9.68. The minimum absolute atomic E-state index is 0.0614. The summed E-state index contributed by atoms with van der Waals surface area (Å²) in [5, 5.41) is 25.3. The molecule has 0 fully saturated rings. The van der Waals surface area contributed by atoms with E-state index in [0.717, 1.165) is 0 Å². The summed E-state index contributed by atoms with van der Waals surface area (Å²) in [6.07, 6.45) is 0.790. The highest BCUT2D eigenvalue weighted by atomic mass is 16.4. The van der Waals surface area contributed by atoms with Crippen molar-refractivity contribution in [3.63, 3.8) is 0 Å². The molecule has 10 heteroatoms. The molecular weight excluding hydrogens is 392 g/mol. The van der Waals surface area contributed by atoms with Gasteiger partial charge < -0.3 is 31.9 Å². The average molecular weight is 422 g/mol. The Bertz CT molecular complexity index is 752. The molecule has 30 heavy (non-hydrogen) atoms. The Morgan fingerprint density at radius 2 is 1.60 bits per heavy atom. The van der Waals surface area contributed by atoms with E-state index in [-0.39, 0.29) is 18.1 Å². The Labute approximate surface area is 175 Å². The van der Waals surface area contributed by atoms with E-state index in [4.69, 9.17) is 10.8 Å². The molecule has 0 radical (unpaired) electrons. The molecule has 0 spiro atoms. The summed E-state index contributed by atoms with van der Waals surface area (Å²) >= 11 is 0. The largest absolute Gasteiger partial charge is 0.508 e. The second kappa shape index (κ2) is 11.8. The molecule has 0 heterocycles. The van der Waals surface area contributed by atoms with Gasteiger partial charge in [0.05, 0.1) is 6.04 Å². The second-order valence-corrected chi connectivity index (χ2v) is 7.18. The number of phenols is 1. The van der Waals surface area contributed by atoms with Crippen LogP contribution >= 0.6 is 0 Å². The summed E-state index contributed by atoms with van der Waals surface area (Å²) in [6.45, 7) is 4.56. The average Bonchev–Trinajstić information content (AvgIpc) is 2.71. The Kier molecular flexibility index (Phi) is 9.76. The number of hydrogen-bond donors (Lipinski definition) is 6. The second-order valence-electron chi connectivity index (χ2n) is 7.18. The van der Waals surface area contributed by atoms with Crippen molar-refractivity contribution >= 4 is 23.7 Å². The highest BCUT2D eigenvalue weighted by Gasteiger charge is 2.28. The lowest BCUT2D eigenvalue weighted by molar-refractivity contribution is -0.138. The number of phenolic OH excluding ortho intramolecular Hbond substituents is 1. The van der Waals surface area contributed by atoms with Gasteiger partial charge in [-0.25, -0.2) is 0 Å². The van der Waals surface area contributed by atoms with Crippen molar-refractivity contribution in [1.29, 1.82) is 0 Å². The van der Waals surface area contributed by atoms with Gasteiger partial charge in [0.2, 0.25) is 17.7 Å². The lowest BCUT2D eigenvalue weighted by Crippen LogP contribution is -2.56. The monoisotopic (exact) mass is 422 g/mol. The molecule has 10 nitrogen and oxygen atoms in total. The molecule has 0 bridgehead atoms. The molecule has 4 unspecified atom stereocenters. The number of carboxylic acid groups (broad SMARTS) is 1. The van der Waals surface area contributed by atoms with Crippen LogP contribution < -0.4 is 21.7 Å². The van der Waals surface area contributed by atoms with E-state index in [9.17, 15) is 24.3 Å². The number of hydrogen-bond acceptors (Lipinski definition) is 6. The van der Waals surface area contributed by atoms with Crippen LogP contribution in [0, 0.1) is 5.92 Å². The molecule has 4 atom stereocenters. The molecule has 0 aromatic heterocycles. The van der Waals surface area contributed by atoms with Crippen LogP contribution in [0.4, 0.5) is 0 Å². The van der Waals surface area contributed by atoms with Gasteiger partial charge in [0.1, 0.15) is 24.4 Å². The maximum atomic E-state index is 12.8. The van der Waals surface area contributed by atoms with Gasteiger partial charge in [-0.1, -0.05) is 32.4 Å². The van der Waals surface area contributed by atoms with E-state index in [2.05, 4.69) is 16.0 Å². The van der Waals surface area contributed by atoms with Crippen LogP contribution in [-0.4, -0.2) is 58.6 Å². The van der Waals surface area contributed by atoms with Gasteiger partial charge in [-0.15, -0.1) is 0 Å². The number of carbonyl (C=O) groups is 4. The number of carboxylic acids is 1. The molecule has 166 valence electrons. The van der Waals surface area contributed by atoms with Crippen LogP contribution in [0.15, 0.2) is 24.3 Å². The number of amides is 3. The molecule has 3 amide bonds. The zero-order valence-electron chi connectivity index (χ0n) is 17.3. The van der Waals surface area contributed by atoms with Crippen LogP contribution in [0.25, 0.3) is 0 Å². The lowest BCUT2D eigenvalue weighted by atomic mass is 9.98. The Balaban J connectivity index is 2.90. The maximum Gasteiger partial charge on any atom is 0.322 e. The molecule has 1 aromatic carbocycles. The molecule has 0 aliphatic rings. The fourth-order valence-corrected chi connectivity index (χ4v) is 2.55. The standard InChI is InChI=1S/C20H30N4O6/c1-4-11(2)17(21)20(30)24-15(9-13-5-7-14(25)8-6-13)19(29)23-12(3)18(28)22-10-16(26)27/h5-8,11-12,15,17,25H,4,9-10,21H2,1-3H3,(H,22,28)(H,23,29)(H,24,30)(H,26,27). The van der Waals surface area contributed by atoms with E-state index in [1.165, 1.54) is 19.1 Å². The van der Waals surface area contributed by atoms with Crippen LogP contribution in [0.1, 0.15) is 32.8 Å². The summed E-state index contributed by atoms with van der Waals surface area (Å²) in [6, 6.07) is 3.30. The van der Waals surface area contributed by atoms with Crippen LogP contribution in [0.2, 0.25) is 0 Å². The number of rotatable bonds is 11. The first kappa shape index (κ1) is 24.9. The predicted octanol–water partition coefficient (Wildman–Crippen LogP) is -0.502. The van der Waals surface area contributed by atoms with Crippen molar-refractivity contribution in [2.45, 2.75) is 51.7 Å². The first-order valence-electron chi connectivity index (χ1n) is 9.68. The first-order chi connectivity index (χ1) is 14.0. The van der Waals surface area contributed by atoms with Crippen molar-refractivity contribution in [3.05, 3.63) is 29.8 Å². The van der Waals surface area contributed by atoms with E-state index in [0.29, 0.717) is 12.0 Å². The zero-order valence-corrected chi connectivity index (χ0v) is 17.3. The molecule has 1 aromatic rings. The summed E-state index contributed by atoms with van der Waals surface area (Å²) in [5.74, 6) is -3.03. The lowest BCUT2D eigenvalue weighted by Gasteiger charge is -2.24. The number of aromatic hydroxyl groups is 1. The quantitative estimate of drug-likeness (QED) is 0.279. The highest BCUT2D eigenvalue weighted by molar-refractivity contribution is 5.93. The van der Waals surface area contributed by atoms with Crippen LogP contribution in [0.3, 0.4) is 0 Å². The van der Waals surface area contributed by atoms with E-state index in [1.807, 2.05) is 13.8 Å². The number of nitrogens with one attached hydrogen (secondary N) is 3. The molecule has 0 saturated carbocycles. The molecular formula is C20H30N4O6. The van der Waals surface area contributed by atoms with Crippen molar-refractivity contribution < 1.29 is 29.4 Å². The smallest absolute Gasteiger partial charge is 0.322 e. The summed E-state index contributed by atoms with van der Waals surface area (Å²) in [7, 11) is 0. The molecule has 7 N–H and O–H groups in total. The summed E-state index contributed by atoms with van der Waals surface area (Å²) < 4.78 is 0. The van der Waals surface area contributed by atoms with Crippen molar-refractivity contribution in [2.24, 2.45) is 11.7 Å². The topological polar surface area (TPSA) is 171 Å². The third-order valence-corrected chi connectivity index (χ3v) is 4.73. The van der Waals surface area contributed by atoms with E-state index in [1.54, 1.807) is 12.1 Å². The van der Waals surface area contributed by atoms with E-state index < -0.39 is 48.4 Å². The van der Waals surface area contributed by atoms with Gasteiger partial charge in [0, 0.05) is 6.42 Å². The molecule has 1 rings (SSSR count). The Morgan fingerprint density at radius 3 is 2.13 bits per heavy atom. The van der Waals surface area contributed by atoms with Crippen molar-refractivity contribution in [1.82, 2.24) is 16.0 Å². The van der Waals surface area contributed by atoms with Gasteiger partial charge >= 0.3 is 5.97 Å². The van der Waals surface area contributed by atoms with Crippen molar-refractivity contribution in [2.75, 3.05) is 6.54 Å². The number of nitrogens with two attached hydrogens (primary N) is 1. The SMILES string of the molecule is CCC(C)C(N)C(=O)NC(Cc1ccc(O)cc1)C(=O)NC(C)C(=O)NCC(=O)O. The van der Waals surface area contributed by atoms with Crippen LogP contribution in [-0.2, 0) is 25.6 Å². The van der Waals surface area contributed by atoms with Gasteiger partial charge in [-0.3, -0.25) is 19.2 Å². The third kappa shape index (κ3) is 8.08. The van der Waals surface area contributed by atoms with Gasteiger partial charge in [0.25, 0.3) is 0 Å². The summed E-state index contributed by atoms with van der Waals surface area (Å²) in [5.41, 5.74) is 6.63. The molecule has 0 saturated heterocycles. The van der Waals surface area contributed by atoms with Crippen LogP contribution in [0.5, 0.6) is 5.75 Å². The predicted molar refractivity (Wildman–Crippen MR) is 109 cm³/mol. The minimum atomic E-state index is -1.21. The minimum Gasteiger partial charge on any atom is -0.508 e. The van der Waals surface area contributed by atoms with Gasteiger partial charge in [0.15, 0.2) is 0 Å². The van der Waals surface area contributed by atoms with Crippen molar-refractivity contribution in [3.8, 4) is 5.75 Å². The van der Waals surface area contributed by atoms with Gasteiger partial charge in [-0.05, 0) is 30.5 Å². The fourth-order valence-electron chi connectivity index (χ4n) is 2.55. The number of benzene rings is 1. The maximum absolute atomic E-state index is 12.8. The Hall–Kier alpha value is -3.14. The normalized spacial score (nSPS) is 14.7. The fraction of sp³-hybridized carbons (Fsp3) is 0.500. The Morgan fingerprint density at radius 1 is 1.00 bits per heavy atom. The van der Waals surface area contributed by atoms with E-state index >= 15 is 0 Å². The summed E-state index contributed by atoms with van der Waals surface area (Å²) in [4.78, 5) is 47.8. The number of carbonyl (C=O) groups excluding carboxylic acids is 3. The molecule has 0 aliphatic heterocycles. The zero-order chi connectivity index (χ0) is 22.8.